The molecule has 1 N–H and O–H groups in total. The van der Waals surface area contributed by atoms with Gasteiger partial charge in [0.05, 0.1) is 5.69 Å². The molecular weight excluding hydrogens is 208 g/mol. The lowest BCUT2D eigenvalue weighted by atomic mass is 10.1. The van der Waals surface area contributed by atoms with Crippen LogP contribution in [-0.2, 0) is 6.54 Å². The number of nitrogens with zero attached hydrogens (tertiary/aromatic N) is 1. The number of hydrogen-bond acceptors (Lipinski definition) is 2. The maximum atomic E-state index is 4.49. The van der Waals surface area contributed by atoms with E-state index in [9.17, 15) is 0 Å². The quantitative estimate of drug-likeness (QED) is 0.691. The third-order valence-electron chi connectivity index (χ3n) is 3.07. The largest absolute Gasteiger partial charge is 0.309 e. The molecule has 0 saturated carbocycles. The van der Waals surface area contributed by atoms with Gasteiger partial charge < -0.3 is 5.32 Å². The van der Waals surface area contributed by atoms with Crippen LogP contribution in [0.15, 0.2) is 18.2 Å². The molecule has 1 rings (SSSR count). The van der Waals surface area contributed by atoms with Gasteiger partial charge >= 0.3 is 0 Å². The second kappa shape index (κ2) is 8.24. The molecule has 0 aliphatic carbocycles. The highest BCUT2D eigenvalue weighted by atomic mass is 14.9. The Morgan fingerprint density at radius 3 is 2.76 bits per heavy atom. The van der Waals surface area contributed by atoms with Gasteiger partial charge in [0, 0.05) is 18.3 Å². The molecule has 0 saturated heterocycles. The van der Waals surface area contributed by atoms with Gasteiger partial charge in [0.25, 0.3) is 0 Å². The molecule has 0 aromatic carbocycles. The standard InChI is InChI=1S/C15H26N2/c1-4-5-6-7-9-13(2)16-12-15-11-8-10-14(3)17-15/h8,10-11,13,16H,4-7,9,12H2,1-3H3. The van der Waals surface area contributed by atoms with Crippen LogP contribution in [0.5, 0.6) is 0 Å². The second-order valence-electron chi connectivity index (χ2n) is 4.90. The first-order valence-corrected chi connectivity index (χ1v) is 6.88. The molecule has 0 fully saturated rings. The minimum Gasteiger partial charge on any atom is -0.309 e. The molecule has 1 unspecified atom stereocenters. The van der Waals surface area contributed by atoms with Gasteiger partial charge in [-0.05, 0) is 32.4 Å². The predicted octanol–water partition coefficient (Wildman–Crippen LogP) is 3.84. The molecule has 1 heterocycles. The van der Waals surface area contributed by atoms with E-state index in [2.05, 4.69) is 36.3 Å². The molecule has 1 aromatic heterocycles. The zero-order valence-electron chi connectivity index (χ0n) is 11.5. The first kappa shape index (κ1) is 14.2. The number of hydrogen-bond donors (Lipinski definition) is 1. The number of aromatic nitrogens is 1. The van der Waals surface area contributed by atoms with Crippen LogP contribution in [0.3, 0.4) is 0 Å². The van der Waals surface area contributed by atoms with Gasteiger partial charge in [0.15, 0.2) is 0 Å². The summed E-state index contributed by atoms with van der Waals surface area (Å²) in [7, 11) is 0. The van der Waals surface area contributed by atoms with Crippen molar-refractivity contribution in [3.8, 4) is 0 Å². The molecule has 2 heteroatoms. The topological polar surface area (TPSA) is 24.9 Å². The lowest BCUT2D eigenvalue weighted by Gasteiger charge is -2.13. The van der Waals surface area contributed by atoms with Gasteiger partial charge in [-0.2, -0.15) is 0 Å². The number of aryl methyl sites for hydroxylation is 1. The van der Waals surface area contributed by atoms with Gasteiger partial charge in [-0.15, -0.1) is 0 Å². The van der Waals surface area contributed by atoms with Crippen LogP contribution in [0.1, 0.15) is 57.3 Å². The number of pyridine rings is 1. The fraction of sp³-hybridized carbons (Fsp3) is 0.667. The van der Waals surface area contributed by atoms with Crippen LogP contribution < -0.4 is 5.32 Å². The lowest BCUT2D eigenvalue weighted by Crippen LogP contribution is -2.25. The zero-order chi connectivity index (χ0) is 12.5. The van der Waals surface area contributed by atoms with Crippen LogP contribution in [-0.4, -0.2) is 11.0 Å². The van der Waals surface area contributed by atoms with Gasteiger partial charge in [-0.1, -0.05) is 38.7 Å². The SMILES string of the molecule is CCCCCCC(C)NCc1cccc(C)n1. The Labute approximate surface area is 106 Å². The maximum absolute atomic E-state index is 4.49. The third-order valence-corrected chi connectivity index (χ3v) is 3.07. The summed E-state index contributed by atoms with van der Waals surface area (Å²) in [5.41, 5.74) is 2.24. The summed E-state index contributed by atoms with van der Waals surface area (Å²) in [5.74, 6) is 0. The Bertz CT molecular complexity index is 310. The summed E-state index contributed by atoms with van der Waals surface area (Å²) in [4.78, 5) is 4.49. The summed E-state index contributed by atoms with van der Waals surface area (Å²) in [6, 6.07) is 6.79. The molecule has 1 aromatic rings. The lowest BCUT2D eigenvalue weighted by molar-refractivity contribution is 0.479. The smallest absolute Gasteiger partial charge is 0.0544 e. The predicted molar refractivity (Wildman–Crippen MR) is 74.0 cm³/mol. The summed E-state index contributed by atoms with van der Waals surface area (Å²) in [6.45, 7) is 7.45. The average molecular weight is 234 g/mol. The van der Waals surface area contributed by atoms with Crippen LogP contribution in [0.4, 0.5) is 0 Å². The highest BCUT2D eigenvalue weighted by molar-refractivity contribution is 5.09. The van der Waals surface area contributed by atoms with Crippen LogP contribution in [0, 0.1) is 6.92 Å². The molecule has 2 nitrogen and oxygen atoms in total. The number of nitrogens with one attached hydrogen (secondary N) is 1. The maximum Gasteiger partial charge on any atom is 0.0544 e. The first-order valence-electron chi connectivity index (χ1n) is 6.88. The Morgan fingerprint density at radius 1 is 1.24 bits per heavy atom. The van der Waals surface area contributed by atoms with Crippen molar-refractivity contribution >= 4 is 0 Å². The molecule has 0 spiro atoms. The van der Waals surface area contributed by atoms with Gasteiger partial charge in [-0.3, -0.25) is 4.98 Å². The molecule has 1 atom stereocenters. The summed E-state index contributed by atoms with van der Waals surface area (Å²) in [6.07, 6.45) is 6.65. The molecule has 0 bridgehead atoms. The van der Waals surface area contributed by atoms with E-state index in [1.807, 2.05) is 13.0 Å². The van der Waals surface area contributed by atoms with Crippen molar-refractivity contribution in [3.05, 3.63) is 29.6 Å². The number of rotatable bonds is 8. The fourth-order valence-electron chi connectivity index (χ4n) is 1.96. The van der Waals surface area contributed by atoms with E-state index in [1.165, 1.54) is 32.1 Å². The molecule has 0 amide bonds. The summed E-state index contributed by atoms with van der Waals surface area (Å²) >= 11 is 0. The van der Waals surface area contributed by atoms with Crippen molar-refractivity contribution in [1.82, 2.24) is 10.3 Å². The average Bonchev–Trinajstić information content (AvgIpc) is 2.32. The number of unbranched alkanes of at least 4 members (excludes halogenated alkanes) is 3. The van der Waals surface area contributed by atoms with Crippen LogP contribution >= 0.6 is 0 Å². The minimum atomic E-state index is 0.592. The summed E-state index contributed by atoms with van der Waals surface area (Å²) in [5, 5.41) is 3.54. The van der Waals surface area contributed by atoms with E-state index in [0.717, 1.165) is 17.9 Å². The molecule has 96 valence electrons. The van der Waals surface area contributed by atoms with Crippen LogP contribution in [0.2, 0.25) is 0 Å². The van der Waals surface area contributed by atoms with Crippen molar-refractivity contribution in [2.75, 3.05) is 0 Å². The first-order chi connectivity index (χ1) is 8.22. The molecule has 0 radical (unpaired) electrons. The Kier molecular flexibility index (Phi) is 6.87. The Morgan fingerprint density at radius 2 is 2.06 bits per heavy atom. The van der Waals surface area contributed by atoms with Crippen molar-refractivity contribution < 1.29 is 0 Å². The van der Waals surface area contributed by atoms with E-state index < -0.39 is 0 Å². The van der Waals surface area contributed by atoms with Crippen molar-refractivity contribution in [2.45, 2.75) is 65.5 Å². The second-order valence-corrected chi connectivity index (χ2v) is 4.90. The fourth-order valence-corrected chi connectivity index (χ4v) is 1.96. The van der Waals surface area contributed by atoms with E-state index in [0.29, 0.717) is 6.04 Å². The monoisotopic (exact) mass is 234 g/mol. The zero-order valence-corrected chi connectivity index (χ0v) is 11.5. The summed E-state index contributed by atoms with van der Waals surface area (Å²) < 4.78 is 0. The minimum absolute atomic E-state index is 0.592. The molecule has 0 aliphatic heterocycles. The van der Waals surface area contributed by atoms with E-state index >= 15 is 0 Å². The molecule has 0 aliphatic rings. The Balaban J connectivity index is 2.17. The van der Waals surface area contributed by atoms with Gasteiger partial charge in [0.1, 0.15) is 0 Å². The van der Waals surface area contributed by atoms with Crippen LogP contribution in [0.25, 0.3) is 0 Å². The third kappa shape index (κ3) is 6.42. The molecular formula is C15H26N2. The van der Waals surface area contributed by atoms with E-state index in [-0.39, 0.29) is 0 Å². The van der Waals surface area contributed by atoms with Gasteiger partial charge in [-0.25, -0.2) is 0 Å². The van der Waals surface area contributed by atoms with E-state index in [4.69, 9.17) is 0 Å². The van der Waals surface area contributed by atoms with Crippen molar-refractivity contribution in [1.29, 1.82) is 0 Å². The molecule has 17 heavy (non-hydrogen) atoms. The van der Waals surface area contributed by atoms with Gasteiger partial charge in [0.2, 0.25) is 0 Å². The van der Waals surface area contributed by atoms with Crippen molar-refractivity contribution in [2.24, 2.45) is 0 Å². The normalized spacial score (nSPS) is 12.6. The van der Waals surface area contributed by atoms with E-state index in [1.54, 1.807) is 0 Å². The Hall–Kier alpha value is -0.890. The van der Waals surface area contributed by atoms with Crippen molar-refractivity contribution in [3.63, 3.8) is 0 Å². The highest BCUT2D eigenvalue weighted by Crippen LogP contribution is 2.06. The highest BCUT2D eigenvalue weighted by Gasteiger charge is 2.02.